The van der Waals surface area contributed by atoms with Crippen LogP contribution in [0, 0.1) is 10.1 Å². The Morgan fingerprint density at radius 3 is 2.89 bits per heavy atom. The van der Waals surface area contributed by atoms with Crippen LogP contribution in [0.2, 0.25) is 5.02 Å². The number of nitro groups is 1. The van der Waals surface area contributed by atoms with E-state index in [1.807, 2.05) is 4.90 Å². The zero-order valence-corrected chi connectivity index (χ0v) is 11.5. The molecule has 0 radical (unpaired) electrons. The molecule has 0 spiro atoms. The molecular formula is C11H15Cl2N3O2. The van der Waals surface area contributed by atoms with Gasteiger partial charge < -0.3 is 10.2 Å². The number of nitrogens with one attached hydrogen (secondary N) is 1. The zero-order chi connectivity index (χ0) is 12.4. The number of nitrogens with zero attached hydrogens (tertiary/aromatic N) is 2. The van der Waals surface area contributed by atoms with Crippen molar-refractivity contribution in [1.29, 1.82) is 0 Å². The molecule has 1 heterocycles. The molecule has 1 aromatic rings. The number of nitro benzene ring substituents is 1. The number of benzene rings is 1. The van der Waals surface area contributed by atoms with Crippen molar-refractivity contribution in [1.82, 2.24) is 5.32 Å². The largest absolute Gasteiger partial charge is 0.363 e. The first kappa shape index (κ1) is 15.0. The van der Waals surface area contributed by atoms with Gasteiger partial charge in [-0.1, -0.05) is 11.6 Å². The van der Waals surface area contributed by atoms with E-state index in [1.165, 1.54) is 6.07 Å². The molecule has 1 fully saturated rings. The Labute approximate surface area is 117 Å². The summed E-state index contributed by atoms with van der Waals surface area (Å²) in [6, 6.07) is 5.15. The van der Waals surface area contributed by atoms with Crippen molar-refractivity contribution < 1.29 is 4.92 Å². The summed E-state index contributed by atoms with van der Waals surface area (Å²) >= 11 is 5.79. The molecule has 1 atom stereocenters. The molecule has 18 heavy (non-hydrogen) atoms. The Balaban J connectivity index is 0.00000162. The normalized spacial score (nSPS) is 19.2. The summed E-state index contributed by atoms with van der Waals surface area (Å²) in [7, 11) is 0. The van der Waals surface area contributed by atoms with Crippen LogP contribution in [-0.4, -0.2) is 30.6 Å². The van der Waals surface area contributed by atoms with Crippen LogP contribution in [0.4, 0.5) is 11.4 Å². The molecule has 1 saturated heterocycles. The van der Waals surface area contributed by atoms with Crippen LogP contribution in [0.5, 0.6) is 0 Å². The first-order valence-corrected chi connectivity index (χ1v) is 5.88. The van der Waals surface area contributed by atoms with Gasteiger partial charge in [0.25, 0.3) is 5.69 Å². The fourth-order valence-corrected chi connectivity index (χ4v) is 2.23. The van der Waals surface area contributed by atoms with Crippen molar-refractivity contribution in [3.05, 3.63) is 33.3 Å². The van der Waals surface area contributed by atoms with Crippen LogP contribution >= 0.6 is 24.0 Å². The van der Waals surface area contributed by atoms with E-state index in [9.17, 15) is 10.1 Å². The molecule has 0 saturated carbocycles. The van der Waals surface area contributed by atoms with E-state index in [2.05, 4.69) is 12.2 Å². The molecule has 7 heteroatoms. The molecule has 2 rings (SSSR count). The second-order valence-electron chi connectivity index (χ2n) is 4.19. The van der Waals surface area contributed by atoms with E-state index in [-0.39, 0.29) is 23.0 Å². The van der Waals surface area contributed by atoms with Crippen molar-refractivity contribution in [2.24, 2.45) is 0 Å². The third-order valence-electron chi connectivity index (χ3n) is 2.84. The van der Waals surface area contributed by atoms with Gasteiger partial charge in [-0.25, -0.2) is 0 Å². The van der Waals surface area contributed by atoms with Crippen LogP contribution in [0.25, 0.3) is 0 Å². The van der Waals surface area contributed by atoms with E-state index in [1.54, 1.807) is 12.1 Å². The highest BCUT2D eigenvalue weighted by Gasteiger charge is 2.23. The standard InChI is InChI=1S/C11H14ClN3O2.ClH/c1-8-7-14(5-4-13-8)10-3-2-9(12)6-11(10)15(16)17;/h2-3,6,8,13H,4-5,7H2,1H3;1H. The maximum atomic E-state index is 11.0. The number of halogens is 2. The van der Waals surface area contributed by atoms with Gasteiger partial charge in [-0.15, -0.1) is 12.4 Å². The van der Waals surface area contributed by atoms with Gasteiger partial charge in [0.05, 0.1) is 4.92 Å². The van der Waals surface area contributed by atoms with Crippen molar-refractivity contribution >= 4 is 35.4 Å². The van der Waals surface area contributed by atoms with Gasteiger partial charge in [-0.2, -0.15) is 0 Å². The van der Waals surface area contributed by atoms with Gasteiger partial charge in [0, 0.05) is 36.8 Å². The average Bonchev–Trinajstić information content (AvgIpc) is 2.28. The van der Waals surface area contributed by atoms with Crippen molar-refractivity contribution in [2.45, 2.75) is 13.0 Å². The highest BCUT2D eigenvalue weighted by molar-refractivity contribution is 6.30. The Kier molecular flexibility index (Phi) is 5.19. The predicted molar refractivity (Wildman–Crippen MR) is 75.0 cm³/mol. The number of piperazine rings is 1. The minimum Gasteiger partial charge on any atom is -0.363 e. The number of anilines is 1. The van der Waals surface area contributed by atoms with E-state index in [0.717, 1.165) is 19.6 Å². The predicted octanol–water partition coefficient (Wildman–Crippen LogP) is 2.47. The molecule has 0 aliphatic carbocycles. The molecule has 1 aliphatic heterocycles. The maximum Gasteiger partial charge on any atom is 0.294 e. The Hall–Kier alpha value is -1.04. The molecule has 100 valence electrons. The van der Waals surface area contributed by atoms with E-state index >= 15 is 0 Å². The van der Waals surface area contributed by atoms with Crippen LogP contribution in [-0.2, 0) is 0 Å². The topological polar surface area (TPSA) is 58.4 Å². The van der Waals surface area contributed by atoms with E-state index < -0.39 is 0 Å². The molecule has 1 aliphatic rings. The summed E-state index contributed by atoms with van der Waals surface area (Å²) in [4.78, 5) is 12.6. The first-order chi connectivity index (χ1) is 8.08. The van der Waals surface area contributed by atoms with Gasteiger partial charge in [0.15, 0.2) is 0 Å². The Morgan fingerprint density at radius 1 is 1.56 bits per heavy atom. The lowest BCUT2D eigenvalue weighted by atomic mass is 10.2. The third kappa shape index (κ3) is 3.25. The van der Waals surface area contributed by atoms with E-state index in [4.69, 9.17) is 11.6 Å². The number of rotatable bonds is 2. The molecule has 0 amide bonds. The van der Waals surface area contributed by atoms with Gasteiger partial charge >= 0.3 is 0 Å². The first-order valence-electron chi connectivity index (χ1n) is 5.50. The second-order valence-corrected chi connectivity index (χ2v) is 4.63. The van der Waals surface area contributed by atoms with Crippen LogP contribution in [0.1, 0.15) is 6.92 Å². The van der Waals surface area contributed by atoms with Crippen LogP contribution in [0.3, 0.4) is 0 Å². The fraction of sp³-hybridized carbons (Fsp3) is 0.455. The maximum absolute atomic E-state index is 11.0. The van der Waals surface area contributed by atoms with Crippen molar-refractivity contribution in [3.8, 4) is 0 Å². The summed E-state index contributed by atoms with van der Waals surface area (Å²) in [5.74, 6) is 0. The molecule has 1 unspecified atom stereocenters. The smallest absolute Gasteiger partial charge is 0.294 e. The minimum absolute atomic E-state index is 0. The minimum atomic E-state index is -0.381. The van der Waals surface area contributed by atoms with Gasteiger partial charge in [-0.3, -0.25) is 10.1 Å². The molecule has 5 nitrogen and oxygen atoms in total. The highest BCUT2D eigenvalue weighted by Crippen LogP contribution is 2.31. The Bertz CT molecular complexity index is 442. The lowest BCUT2D eigenvalue weighted by Crippen LogP contribution is -2.49. The molecule has 1 N–H and O–H groups in total. The quantitative estimate of drug-likeness (QED) is 0.672. The number of hydrogen-bond acceptors (Lipinski definition) is 4. The highest BCUT2D eigenvalue weighted by atomic mass is 35.5. The summed E-state index contributed by atoms with van der Waals surface area (Å²) in [5, 5.41) is 14.7. The number of hydrogen-bond donors (Lipinski definition) is 1. The summed E-state index contributed by atoms with van der Waals surface area (Å²) in [6.07, 6.45) is 0. The summed E-state index contributed by atoms with van der Waals surface area (Å²) < 4.78 is 0. The van der Waals surface area contributed by atoms with Crippen LogP contribution < -0.4 is 10.2 Å². The summed E-state index contributed by atoms with van der Waals surface area (Å²) in [6.45, 7) is 4.43. The van der Waals surface area contributed by atoms with Gasteiger partial charge in [0.1, 0.15) is 5.69 Å². The lowest BCUT2D eigenvalue weighted by molar-refractivity contribution is -0.384. The second kappa shape index (κ2) is 6.22. The van der Waals surface area contributed by atoms with Gasteiger partial charge in [0.2, 0.25) is 0 Å². The van der Waals surface area contributed by atoms with Crippen molar-refractivity contribution in [2.75, 3.05) is 24.5 Å². The molecule has 1 aromatic carbocycles. The molecule has 0 aromatic heterocycles. The molecular weight excluding hydrogens is 277 g/mol. The fourth-order valence-electron chi connectivity index (χ4n) is 2.06. The Morgan fingerprint density at radius 2 is 2.28 bits per heavy atom. The monoisotopic (exact) mass is 291 g/mol. The third-order valence-corrected chi connectivity index (χ3v) is 3.08. The lowest BCUT2D eigenvalue weighted by Gasteiger charge is -2.33. The van der Waals surface area contributed by atoms with E-state index in [0.29, 0.717) is 16.8 Å². The zero-order valence-electron chi connectivity index (χ0n) is 9.93. The average molecular weight is 292 g/mol. The molecule has 0 bridgehead atoms. The SMILES string of the molecule is CC1CN(c2ccc(Cl)cc2[N+](=O)[O-])CCN1.Cl. The van der Waals surface area contributed by atoms with Crippen molar-refractivity contribution in [3.63, 3.8) is 0 Å². The van der Waals surface area contributed by atoms with Gasteiger partial charge in [-0.05, 0) is 19.1 Å². The summed E-state index contributed by atoms with van der Waals surface area (Å²) in [5.41, 5.74) is 0.722. The van der Waals surface area contributed by atoms with Crippen LogP contribution in [0.15, 0.2) is 18.2 Å².